The zero-order chi connectivity index (χ0) is 28.4. The first-order valence-corrected chi connectivity index (χ1v) is 15.1. The molecule has 9 heteroatoms. The lowest BCUT2D eigenvalue weighted by Crippen LogP contribution is -2.75. The van der Waals surface area contributed by atoms with Crippen molar-refractivity contribution in [2.75, 3.05) is 19.6 Å². The summed E-state index contributed by atoms with van der Waals surface area (Å²) in [6.45, 7) is 8.84. The van der Waals surface area contributed by atoms with Gasteiger partial charge in [-0.3, -0.25) is 14.5 Å². The van der Waals surface area contributed by atoms with Crippen LogP contribution in [-0.4, -0.2) is 78.9 Å². The lowest BCUT2D eigenvalue weighted by Gasteiger charge is -2.52. The zero-order valence-corrected chi connectivity index (χ0v) is 24.2. The number of aromatic nitrogens is 2. The molecule has 1 spiro atoms. The number of aliphatic hydroxyl groups excluding tert-OH is 1. The maximum atomic E-state index is 13.9. The summed E-state index contributed by atoms with van der Waals surface area (Å²) in [6, 6.07) is 6.19. The number of likely N-dealkylation sites (tertiary alicyclic amines) is 1. The number of nitrogens with one attached hydrogen (secondary N) is 1. The van der Waals surface area contributed by atoms with Gasteiger partial charge in [-0.15, -0.1) is 0 Å². The molecule has 3 fully saturated rings. The normalized spacial score (nSPS) is 23.0. The van der Waals surface area contributed by atoms with E-state index in [1.165, 1.54) is 6.42 Å². The minimum absolute atomic E-state index is 0.0703. The van der Waals surface area contributed by atoms with Crippen molar-refractivity contribution < 1.29 is 19.8 Å². The van der Waals surface area contributed by atoms with Crippen molar-refractivity contribution in [3.8, 4) is 11.4 Å². The number of hydrogen-bond acceptors (Lipinski definition) is 6. The highest BCUT2D eigenvalue weighted by atomic mass is 16.3. The molecule has 2 aromatic rings. The Hall–Kier alpha value is -2.91. The van der Waals surface area contributed by atoms with Crippen LogP contribution in [0.2, 0.25) is 0 Å². The van der Waals surface area contributed by atoms with E-state index in [4.69, 9.17) is 5.10 Å². The number of carbonyl (C=O) groups is 2. The molecule has 3 N–H and O–H groups in total. The van der Waals surface area contributed by atoms with Gasteiger partial charge in [0.2, 0.25) is 11.8 Å². The van der Waals surface area contributed by atoms with Gasteiger partial charge in [0.1, 0.15) is 17.3 Å². The number of piperidine rings is 1. The first kappa shape index (κ1) is 28.6. The third kappa shape index (κ3) is 5.38. The molecule has 0 bridgehead atoms. The van der Waals surface area contributed by atoms with E-state index in [9.17, 15) is 19.8 Å². The number of phenols is 1. The van der Waals surface area contributed by atoms with Gasteiger partial charge in [0, 0.05) is 37.4 Å². The number of nitrogens with zero attached hydrogens (tertiary/aromatic N) is 4. The summed E-state index contributed by atoms with van der Waals surface area (Å²) in [5.74, 6) is 0.0818. The van der Waals surface area contributed by atoms with E-state index in [2.05, 4.69) is 24.1 Å². The number of hydrogen-bond donors (Lipinski definition) is 3. The summed E-state index contributed by atoms with van der Waals surface area (Å²) in [5, 5.41) is 28.6. The second-order valence-electron chi connectivity index (χ2n) is 12.1. The third-order valence-electron chi connectivity index (χ3n) is 9.57. The smallest absolute Gasteiger partial charge is 0.248 e. The van der Waals surface area contributed by atoms with E-state index in [1.54, 1.807) is 12.1 Å². The van der Waals surface area contributed by atoms with Crippen LogP contribution >= 0.6 is 0 Å². The number of aliphatic hydroxyl groups is 1. The summed E-state index contributed by atoms with van der Waals surface area (Å²) in [5.41, 5.74) is 3.22. The summed E-state index contributed by atoms with van der Waals surface area (Å²) in [4.78, 5) is 31.8. The van der Waals surface area contributed by atoms with Crippen LogP contribution in [0.15, 0.2) is 24.3 Å². The number of carbonyl (C=O) groups excluding carboxylic acids is 2. The Balaban J connectivity index is 1.30. The molecule has 2 atom stereocenters. The van der Waals surface area contributed by atoms with E-state index in [1.807, 2.05) is 28.6 Å². The highest BCUT2D eigenvalue weighted by molar-refractivity contribution is 6.00. The van der Waals surface area contributed by atoms with Crippen LogP contribution in [0, 0.1) is 19.8 Å². The van der Waals surface area contributed by atoms with E-state index >= 15 is 0 Å². The van der Waals surface area contributed by atoms with Crippen LogP contribution in [0.25, 0.3) is 5.69 Å². The molecule has 1 saturated carbocycles. The number of phenolic OH excluding ortho intramolecular Hbond substituents is 1. The maximum Gasteiger partial charge on any atom is 0.248 e. The molecule has 2 aliphatic heterocycles. The Morgan fingerprint density at radius 1 is 1.07 bits per heavy atom. The van der Waals surface area contributed by atoms with Gasteiger partial charge < -0.3 is 20.4 Å². The molecule has 3 aliphatic rings. The van der Waals surface area contributed by atoms with Gasteiger partial charge in [0.05, 0.1) is 17.5 Å². The number of piperazine rings is 1. The molecule has 2 saturated heterocycles. The van der Waals surface area contributed by atoms with Crippen molar-refractivity contribution >= 4 is 11.8 Å². The number of amides is 2. The van der Waals surface area contributed by atoms with Crippen LogP contribution in [-0.2, 0) is 16.1 Å². The number of unbranched alkanes of at least 4 members (excludes halogenated alkanes) is 1. The topological polar surface area (TPSA) is 111 Å². The largest absolute Gasteiger partial charge is 0.508 e. The molecule has 5 rings (SSSR count). The van der Waals surface area contributed by atoms with Crippen molar-refractivity contribution in [2.24, 2.45) is 5.92 Å². The number of aromatic hydroxyl groups is 1. The van der Waals surface area contributed by atoms with Crippen molar-refractivity contribution in [3.05, 3.63) is 41.2 Å². The van der Waals surface area contributed by atoms with Gasteiger partial charge in [-0.1, -0.05) is 32.6 Å². The second-order valence-corrected chi connectivity index (χ2v) is 12.1. The Kier molecular flexibility index (Phi) is 8.52. The second kappa shape index (κ2) is 11.9. The standard InChI is InChI=1S/C31H45N5O4/c1-4-5-17-35-29(39)27(28(38)23-9-7-6-8-10-23)32-30(40)31(35)15-18-34(19-16-31)20-26-21(2)33-36(22(26)3)24-11-13-25(37)14-12-24/h11-14,23,27-28,37-38H,4-10,15-20H2,1-3H3,(H,32,40)/t27-,28-/m1/s1. The minimum Gasteiger partial charge on any atom is -0.508 e. The molecular weight excluding hydrogens is 506 g/mol. The lowest BCUT2D eigenvalue weighted by molar-refractivity contribution is -0.166. The van der Waals surface area contributed by atoms with Gasteiger partial charge >= 0.3 is 0 Å². The fraction of sp³-hybridized carbons (Fsp3) is 0.645. The van der Waals surface area contributed by atoms with E-state index in [0.29, 0.717) is 32.5 Å². The average molecular weight is 552 g/mol. The Morgan fingerprint density at radius 3 is 2.40 bits per heavy atom. The Morgan fingerprint density at radius 2 is 1.75 bits per heavy atom. The van der Waals surface area contributed by atoms with Crippen LogP contribution in [0.3, 0.4) is 0 Å². The minimum atomic E-state index is -0.855. The highest BCUT2D eigenvalue weighted by Crippen LogP contribution is 2.37. The molecule has 3 heterocycles. The monoisotopic (exact) mass is 551 g/mol. The summed E-state index contributed by atoms with van der Waals surface area (Å²) >= 11 is 0. The predicted molar refractivity (Wildman–Crippen MR) is 153 cm³/mol. The third-order valence-corrected chi connectivity index (χ3v) is 9.57. The van der Waals surface area contributed by atoms with Gasteiger partial charge in [0.15, 0.2) is 0 Å². The lowest BCUT2D eigenvalue weighted by atomic mass is 9.78. The van der Waals surface area contributed by atoms with E-state index < -0.39 is 17.7 Å². The molecule has 218 valence electrons. The molecule has 1 aromatic carbocycles. The van der Waals surface area contributed by atoms with Crippen LogP contribution in [0.4, 0.5) is 0 Å². The fourth-order valence-electron chi connectivity index (χ4n) is 7.01. The predicted octanol–water partition coefficient (Wildman–Crippen LogP) is 3.60. The quantitative estimate of drug-likeness (QED) is 0.463. The van der Waals surface area contributed by atoms with Crippen LogP contribution in [0.5, 0.6) is 5.75 Å². The molecule has 1 aromatic heterocycles. The number of benzene rings is 1. The molecule has 0 unspecified atom stereocenters. The molecular formula is C31H45N5O4. The summed E-state index contributed by atoms with van der Waals surface area (Å²) < 4.78 is 1.91. The van der Waals surface area contributed by atoms with Gasteiger partial charge in [-0.25, -0.2) is 4.68 Å². The number of aryl methyl sites for hydroxylation is 1. The average Bonchev–Trinajstić information content (AvgIpc) is 3.25. The first-order chi connectivity index (χ1) is 19.2. The molecule has 40 heavy (non-hydrogen) atoms. The van der Waals surface area contributed by atoms with Gasteiger partial charge in [-0.05, 0) is 76.1 Å². The van der Waals surface area contributed by atoms with Crippen LogP contribution in [0.1, 0.15) is 81.7 Å². The van der Waals surface area contributed by atoms with E-state index in [-0.39, 0.29) is 23.5 Å². The van der Waals surface area contributed by atoms with Gasteiger partial charge in [0.25, 0.3) is 0 Å². The fourth-order valence-corrected chi connectivity index (χ4v) is 7.01. The Labute approximate surface area is 237 Å². The van der Waals surface area contributed by atoms with Gasteiger partial charge in [-0.2, -0.15) is 5.10 Å². The zero-order valence-electron chi connectivity index (χ0n) is 24.2. The molecule has 9 nitrogen and oxygen atoms in total. The molecule has 0 radical (unpaired) electrons. The first-order valence-electron chi connectivity index (χ1n) is 15.1. The number of rotatable bonds is 8. The van der Waals surface area contributed by atoms with Crippen molar-refractivity contribution in [2.45, 2.75) is 103 Å². The van der Waals surface area contributed by atoms with Crippen molar-refractivity contribution in [1.29, 1.82) is 0 Å². The van der Waals surface area contributed by atoms with Crippen LogP contribution < -0.4 is 5.32 Å². The molecule has 2 amide bonds. The highest BCUT2D eigenvalue weighted by Gasteiger charge is 2.55. The Bertz CT molecular complexity index is 1200. The van der Waals surface area contributed by atoms with Crippen molar-refractivity contribution in [3.63, 3.8) is 0 Å². The van der Waals surface area contributed by atoms with Crippen molar-refractivity contribution in [1.82, 2.24) is 24.9 Å². The summed E-state index contributed by atoms with van der Waals surface area (Å²) in [7, 11) is 0. The maximum absolute atomic E-state index is 13.9. The molecule has 1 aliphatic carbocycles. The SMILES string of the molecule is CCCCN1C(=O)[C@@H]([C@H](O)C2CCCCC2)NC(=O)C12CCN(Cc1c(C)nn(-c3ccc(O)cc3)c1C)CC2. The summed E-state index contributed by atoms with van der Waals surface area (Å²) in [6.07, 6.45) is 7.25. The van der Waals surface area contributed by atoms with E-state index in [0.717, 1.165) is 67.7 Å².